The highest BCUT2D eigenvalue weighted by atomic mass is 14.8. The van der Waals surface area contributed by atoms with Crippen LogP contribution < -0.4 is 11.5 Å². The number of nitrogens with two attached hydrogens (primary N) is 2. The molecule has 92 valence electrons. The van der Waals surface area contributed by atoms with E-state index in [0.29, 0.717) is 0 Å². The van der Waals surface area contributed by atoms with Gasteiger partial charge in [-0.05, 0) is 16.7 Å². The summed E-state index contributed by atoms with van der Waals surface area (Å²) < 4.78 is 0. The Balaban J connectivity index is 2.25. The first kappa shape index (κ1) is 12.6. The SMILES string of the molecule is C=Cc1cccc(C(N)C(N)c2ccccc2)c1. The third kappa shape index (κ3) is 2.67. The maximum Gasteiger partial charge on any atom is 0.0491 e. The predicted molar refractivity (Wildman–Crippen MR) is 76.8 cm³/mol. The lowest BCUT2D eigenvalue weighted by Crippen LogP contribution is -2.26. The van der Waals surface area contributed by atoms with Gasteiger partial charge in [-0.1, -0.05) is 67.3 Å². The second-order valence-corrected chi connectivity index (χ2v) is 4.34. The molecular formula is C16H18N2. The predicted octanol–water partition coefficient (Wildman–Crippen LogP) is 3.03. The summed E-state index contributed by atoms with van der Waals surface area (Å²) in [5.41, 5.74) is 15.6. The van der Waals surface area contributed by atoms with Crippen molar-refractivity contribution < 1.29 is 0 Å². The zero-order chi connectivity index (χ0) is 13.0. The zero-order valence-electron chi connectivity index (χ0n) is 10.3. The molecule has 2 atom stereocenters. The lowest BCUT2D eigenvalue weighted by Gasteiger charge is -2.21. The minimum atomic E-state index is -0.215. The van der Waals surface area contributed by atoms with Gasteiger partial charge in [0.2, 0.25) is 0 Å². The molecule has 4 N–H and O–H groups in total. The van der Waals surface area contributed by atoms with Crippen molar-refractivity contribution >= 4 is 6.08 Å². The van der Waals surface area contributed by atoms with Gasteiger partial charge < -0.3 is 11.5 Å². The molecule has 0 spiro atoms. The summed E-state index contributed by atoms with van der Waals surface area (Å²) in [4.78, 5) is 0. The highest BCUT2D eigenvalue weighted by molar-refractivity contribution is 5.48. The average Bonchev–Trinajstić information content (AvgIpc) is 2.46. The summed E-state index contributed by atoms with van der Waals surface area (Å²) >= 11 is 0. The van der Waals surface area contributed by atoms with Crippen LogP contribution in [0.1, 0.15) is 28.8 Å². The van der Waals surface area contributed by atoms with Crippen molar-refractivity contribution in [3.63, 3.8) is 0 Å². The van der Waals surface area contributed by atoms with Gasteiger partial charge in [0.05, 0.1) is 0 Å². The Labute approximate surface area is 108 Å². The third-order valence-corrected chi connectivity index (χ3v) is 3.10. The molecule has 0 heterocycles. The van der Waals surface area contributed by atoms with Crippen LogP contribution in [0.3, 0.4) is 0 Å². The molecule has 0 aromatic heterocycles. The number of benzene rings is 2. The molecule has 2 nitrogen and oxygen atoms in total. The van der Waals surface area contributed by atoms with Crippen molar-refractivity contribution in [2.24, 2.45) is 11.5 Å². The van der Waals surface area contributed by atoms with Gasteiger partial charge in [0.25, 0.3) is 0 Å². The van der Waals surface area contributed by atoms with E-state index in [0.717, 1.165) is 16.7 Å². The van der Waals surface area contributed by atoms with Gasteiger partial charge >= 0.3 is 0 Å². The van der Waals surface area contributed by atoms with E-state index >= 15 is 0 Å². The Morgan fingerprint density at radius 2 is 1.44 bits per heavy atom. The van der Waals surface area contributed by atoms with E-state index < -0.39 is 0 Å². The van der Waals surface area contributed by atoms with Gasteiger partial charge in [-0.3, -0.25) is 0 Å². The first-order valence-electron chi connectivity index (χ1n) is 6.01. The van der Waals surface area contributed by atoms with Crippen molar-refractivity contribution in [3.05, 3.63) is 77.9 Å². The molecule has 0 saturated carbocycles. The standard InChI is InChI=1S/C16H18N2/c1-2-12-7-6-10-14(11-12)16(18)15(17)13-8-4-3-5-9-13/h2-11,15-16H,1,17-18H2. The van der Waals surface area contributed by atoms with Crippen LogP contribution in [0.5, 0.6) is 0 Å². The van der Waals surface area contributed by atoms with Gasteiger partial charge in [-0.25, -0.2) is 0 Å². The molecule has 0 amide bonds. The van der Waals surface area contributed by atoms with Crippen molar-refractivity contribution in [2.75, 3.05) is 0 Å². The molecule has 0 bridgehead atoms. The van der Waals surface area contributed by atoms with Gasteiger partial charge in [-0.15, -0.1) is 0 Å². The van der Waals surface area contributed by atoms with Gasteiger partial charge in [0.15, 0.2) is 0 Å². The van der Waals surface area contributed by atoms with Crippen LogP contribution in [0.2, 0.25) is 0 Å². The van der Waals surface area contributed by atoms with E-state index in [1.807, 2.05) is 60.7 Å². The highest BCUT2D eigenvalue weighted by Crippen LogP contribution is 2.25. The fourth-order valence-electron chi connectivity index (χ4n) is 1.98. The minimum Gasteiger partial charge on any atom is -0.322 e. The molecule has 0 radical (unpaired) electrons. The summed E-state index contributed by atoms with van der Waals surface area (Å²) in [6.45, 7) is 3.76. The number of hydrogen-bond acceptors (Lipinski definition) is 2. The smallest absolute Gasteiger partial charge is 0.0491 e. The first-order chi connectivity index (χ1) is 8.72. The lowest BCUT2D eigenvalue weighted by atomic mass is 9.94. The Bertz CT molecular complexity index is 520. The molecule has 18 heavy (non-hydrogen) atoms. The van der Waals surface area contributed by atoms with Crippen LogP contribution >= 0.6 is 0 Å². The fourth-order valence-corrected chi connectivity index (χ4v) is 1.98. The molecule has 0 aliphatic heterocycles. The molecule has 0 aliphatic rings. The summed E-state index contributed by atoms with van der Waals surface area (Å²) in [6, 6.07) is 17.5. The van der Waals surface area contributed by atoms with E-state index in [2.05, 4.69) is 6.58 Å². The summed E-state index contributed by atoms with van der Waals surface area (Å²) in [5.74, 6) is 0. The largest absolute Gasteiger partial charge is 0.322 e. The molecule has 2 aromatic rings. The Morgan fingerprint density at radius 3 is 2.11 bits per heavy atom. The van der Waals surface area contributed by atoms with Crippen molar-refractivity contribution in [1.29, 1.82) is 0 Å². The van der Waals surface area contributed by atoms with Gasteiger partial charge in [0.1, 0.15) is 0 Å². The topological polar surface area (TPSA) is 52.0 Å². The third-order valence-electron chi connectivity index (χ3n) is 3.10. The summed E-state index contributed by atoms with van der Waals surface area (Å²) in [7, 11) is 0. The molecule has 0 aliphatic carbocycles. The Hall–Kier alpha value is -1.90. The molecular weight excluding hydrogens is 220 g/mol. The fraction of sp³-hybridized carbons (Fsp3) is 0.125. The second-order valence-electron chi connectivity index (χ2n) is 4.34. The van der Waals surface area contributed by atoms with E-state index in [1.54, 1.807) is 0 Å². The lowest BCUT2D eigenvalue weighted by molar-refractivity contribution is 0.574. The quantitative estimate of drug-likeness (QED) is 0.860. The van der Waals surface area contributed by atoms with Crippen molar-refractivity contribution in [1.82, 2.24) is 0 Å². The zero-order valence-corrected chi connectivity index (χ0v) is 10.3. The molecule has 2 rings (SSSR count). The Kier molecular flexibility index (Phi) is 3.92. The molecule has 2 aromatic carbocycles. The number of hydrogen-bond donors (Lipinski definition) is 2. The van der Waals surface area contributed by atoms with Crippen LogP contribution in [0.4, 0.5) is 0 Å². The van der Waals surface area contributed by atoms with Crippen LogP contribution in [-0.4, -0.2) is 0 Å². The van der Waals surface area contributed by atoms with E-state index in [9.17, 15) is 0 Å². The Morgan fingerprint density at radius 1 is 0.833 bits per heavy atom. The highest BCUT2D eigenvalue weighted by Gasteiger charge is 2.16. The molecule has 2 unspecified atom stereocenters. The van der Waals surface area contributed by atoms with Crippen LogP contribution in [-0.2, 0) is 0 Å². The van der Waals surface area contributed by atoms with Crippen LogP contribution in [0, 0.1) is 0 Å². The first-order valence-corrected chi connectivity index (χ1v) is 6.01. The number of rotatable bonds is 4. The van der Waals surface area contributed by atoms with E-state index in [1.165, 1.54) is 0 Å². The van der Waals surface area contributed by atoms with Gasteiger partial charge in [0, 0.05) is 12.1 Å². The average molecular weight is 238 g/mol. The molecule has 0 fully saturated rings. The minimum absolute atomic E-state index is 0.203. The van der Waals surface area contributed by atoms with Crippen LogP contribution in [0.15, 0.2) is 61.2 Å². The maximum atomic E-state index is 6.23. The van der Waals surface area contributed by atoms with E-state index in [4.69, 9.17) is 11.5 Å². The summed E-state index contributed by atoms with van der Waals surface area (Å²) in [6.07, 6.45) is 1.81. The van der Waals surface area contributed by atoms with Crippen molar-refractivity contribution in [3.8, 4) is 0 Å². The van der Waals surface area contributed by atoms with E-state index in [-0.39, 0.29) is 12.1 Å². The van der Waals surface area contributed by atoms with Gasteiger partial charge in [-0.2, -0.15) is 0 Å². The molecule has 2 heteroatoms. The molecule has 0 saturated heterocycles. The van der Waals surface area contributed by atoms with Crippen LogP contribution in [0.25, 0.3) is 6.08 Å². The normalized spacial score (nSPS) is 13.9. The monoisotopic (exact) mass is 238 g/mol. The summed E-state index contributed by atoms with van der Waals surface area (Å²) in [5, 5.41) is 0. The van der Waals surface area contributed by atoms with Crippen molar-refractivity contribution in [2.45, 2.75) is 12.1 Å². The maximum absolute atomic E-state index is 6.23. The second kappa shape index (κ2) is 5.63.